The summed E-state index contributed by atoms with van der Waals surface area (Å²) in [6.07, 6.45) is 2.83. The van der Waals surface area contributed by atoms with E-state index in [9.17, 15) is 8.42 Å². The number of nitrogens with one attached hydrogen (secondary N) is 1. The Balaban J connectivity index is 2.35. The van der Waals surface area contributed by atoms with Crippen LogP contribution < -0.4 is 4.72 Å². The van der Waals surface area contributed by atoms with Gasteiger partial charge in [-0.3, -0.25) is 4.68 Å². The van der Waals surface area contributed by atoms with Crippen molar-refractivity contribution in [1.29, 1.82) is 0 Å². The van der Waals surface area contributed by atoms with Crippen LogP contribution in [0.4, 0.5) is 5.95 Å². The van der Waals surface area contributed by atoms with E-state index < -0.39 is 10.0 Å². The minimum Gasteiger partial charge on any atom is -0.269 e. The smallest absolute Gasteiger partial charge is 0.267 e. The molecule has 102 valence electrons. The summed E-state index contributed by atoms with van der Waals surface area (Å²) in [5.41, 5.74) is 1.27. The van der Waals surface area contributed by atoms with Crippen LogP contribution in [0.25, 0.3) is 0 Å². The summed E-state index contributed by atoms with van der Waals surface area (Å²) < 4.78 is 28.4. The Morgan fingerprint density at radius 2 is 2.11 bits per heavy atom. The van der Waals surface area contributed by atoms with Crippen LogP contribution in [0, 0.1) is 13.8 Å². The van der Waals surface area contributed by atoms with E-state index in [-0.39, 0.29) is 10.8 Å². The van der Waals surface area contributed by atoms with Gasteiger partial charge < -0.3 is 0 Å². The first-order valence-corrected chi connectivity index (χ1v) is 7.27. The van der Waals surface area contributed by atoms with Crippen LogP contribution in [0.5, 0.6) is 0 Å². The van der Waals surface area contributed by atoms with Gasteiger partial charge in [-0.25, -0.2) is 23.1 Å². The van der Waals surface area contributed by atoms with E-state index in [1.54, 1.807) is 24.6 Å². The molecule has 0 aliphatic rings. The zero-order valence-corrected chi connectivity index (χ0v) is 11.8. The highest BCUT2D eigenvalue weighted by molar-refractivity contribution is 7.92. The molecule has 7 nitrogen and oxygen atoms in total. The standard InChI is InChI=1S/C11H15N5O2S/c1-4-16-9(3)10(7-13-16)19(17,18)15-11-12-6-5-8(2)14-11/h5-7H,4H2,1-3H3,(H,12,14,15). The van der Waals surface area contributed by atoms with E-state index in [1.165, 1.54) is 12.4 Å². The molecule has 0 fully saturated rings. The van der Waals surface area contributed by atoms with Crippen molar-refractivity contribution < 1.29 is 8.42 Å². The van der Waals surface area contributed by atoms with Gasteiger partial charge in [-0.1, -0.05) is 0 Å². The molecule has 0 spiro atoms. The molecule has 0 aliphatic heterocycles. The molecule has 0 saturated heterocycles. The summed E-state index contributed by atoms with van der Waals surface area (Å²) in [7, 11) is -3.71. The molecule has 19 heavy (non-hydrogen) atoms. The lowest BCUT2D eigenvalue weighted by Crippen LogP contribution is -2.16. The average Bonchev–Trinajstić information content (AvgIpc) is 2.70. The van der Waals surface area contributed by atoms with Crippen LogP contribution in [-0.2, 0) is 16.6 Å². The zero-order chi connectivity index (χ0) is 14.0. The quantitative estimate of drug-likeness (QED) is 0.906. The van der Waals surface area contributed by atoms with Gasteiger partial charge in [0.1, 0.15) is 4.90 Å². The Hall–Kier alpha value is -1.96. The predicted molar refractivity (Wildman–Crippen MR) is 70.2 cm³/mol. The van der Waals surface area contributed by atoms with Crippen LogP contribution in [0.3, 0.4) is 0 Å². The lowest BCUT2D eigenvalue weighted by Gasteiger charge is -2.06. The number of hydrogen-bond donors (Lipinski definition) is 1. The molecule has 0 aromatic carbocycles. The largest absolute Gasteiger partial charge is 0.269 e. The molecule has 0 amide bonds. The lowest BCUT2D eigenvalue weighted by atomic mass is 10.5. The molecule has 2 aromatic rings. The predicted octanol–water partition coefficient (Wildman–Crippen LogP) is 1.11. The molecular formula is C11H15N5O2S. The Labute approximate surface area is 111 Å². The second-order valence-corrected chi connectivity index (χ2v) is 5.69. The summed E-state index contributed by atoms with van der Waals surface area (Å²) in [5.74, 6) is 0.0589. The molecule has 0 bridgehead atoms. The van der Waals surface area contributed by atoms with Crippen molar-refractivity contribution in [3.8, 4) is 0 Å². The monoisotopic (exact) mass is 281 g/mol. The molecule has 2 rings (SSSR count). The lowest BCUT2D eigenvalue weighted by molar-refractivity contribution is 0.598. The number of nitrogens with zero attached hydrogens (tertiary/aromatic N) is 4. The van der Waals surface area contributed by atoms with Gasteiger partial charge in [-0.05, 0) is 26.8 Å². The van der Waals surface area contributed by atoms with Gasteiger partial charge in [0.15, 0.2) is 0 Å². The first-order valence-electron chi connectivity index (χ1n) is 5.79. The van der Waals surface area contributed by atoms with Crippen molar-refractivity contribution in [2.45, 2.75) is 32.2 Å². The van der Waals surface area contributed by atoms with Crippen molar-refractivity contribution in [1.82, 2.24) is 19.7 Å². The molecule has 2 heterocycles. The van der Waals surface area contributed by atoms with Gasteiger partial charge >= 0.3 is 0 Å². The maximum absolute atomic E-state index is 12.2. The number of sulfonamides is 1. The van der Waals surface area contributed by atoms with Gasteiger partial charge in [0.25, 0.3) is 10.0 Å². The highest BCUT2D eigenvalue weighted by Crippen LogP contribution is 2.16. The molecule has 0 aliphatic carbocycles. The van der Waals surface area contributed by atoms with Crippen LogP contribution >= 0.6 is 0 Å². The SMILES string of the molecule is CCn1ncc(S(=O)(=O)Nc2nccc(C)n2)c1C. The Kier molecular flexibility index (Phi) is 3.52. The summed E-state index contributed by atoms with van der Waals surface area (Å²) in [5, 5.41) is 4.02. The fourth-order valence-corrected chi connectivity index (χ4v) is 2.81. The maximum atomic E-state index is 12.2. The van der Waals surface area contributed by atoms with E-state index in [2.05, 4.69) is 19.8 Å². The van der Waals surface area contributed by atoms with E-state index in [0.717, 1.165) is 0 Å². The van der Waals surface area contributed by atoms with Gasteiger partial charge in [-0.2, -0.15) is 5.10 Å². The minimum atomic E-state index is -3.71. The van der Waals surface area contributed by atoms with E-state index >= 15 is 0 Å². The molecule has 1 N–H and O–H groups in total. The van der Waals surface area contributed by atoms with Gasteiger partial charge in [0.2, 0.25) is 5.95 Å². The number of rotatable bonds is 4. The van der Waals surface area contributed by atoms with Crippen molar-refractivity contribution in [2.24, 2.45) is 0 Å². The molecular weight excluding hydrogens is 266 g/mol. The van der Waals surface area contributed by atoms with E-state index in [0.29, 0.717) is 17.9 Å². The van der Waals surface area contributed by atoms with Gasteiger partial charge in [-0.15, -0.1) is 0 Å². The zero-order valence-electron chi connectivity index (χ0n) is 11.0. The minimum absolute atomic E-state index is 0.0589. The summed E-state index contributed by atoms with van der Waals surface area (Å²) >= 11 is 0. The van der Waals surface area contributed by atoms with Crippen molar-refractivity contribution in [3.63, 3.8) is 0 Å². The summed E-state index contributed by atoms with van der Waals surface area (Å²) in [6.45, 7) is 5.98. The fraction of sp³-hybridized carbons (Fsp3) is 0.364. The molecule has 8 heteroatoms. The van der Waals surface area contributed by atoms with Crippen molar-refractivity contribution in [2.75, 3.05) is 4.72 Å². The Morgan fingerprint density at radius 3 is 2.68 bits per heavy atom. The van der Waals surface area contributed by atoms with E-state index in [1.807, 2.05) is 6.92 Å². The highest BCUT2D eigenvalue weighted by Gasteiger charge is 2.21. The van der Waals surface area contributed by atoms with Gasteiger partial charge in [0.05, 0.1) is 11.9 Å². The summed E-state index contributed by atoms with van der Waals surface area (Å²) in [6, 6.07) is 1.69. The van der Waals surface area contributed by atoms with Crippen LogP contribution in [-0.4, -0.2) is 28.2 Å². The molecule has 0 radical (unpaired) electrons. The highest BCUT2D eigenvalue weighted by atomic mass is 32.2. The fourth-order valence-electron chi connectivity index (χ4n) is 1.69. The third-order valence-electron chi connectivity index (χ3n) is 2.67. The average molecular weight is 281 g/mol. The second kappa shape index (κ2) is 4.96. The van der Waals surface area contributed by atoms with Crippen molar-refractivity contribution >= 4 is 16.0 Å². The number of aromatic nitrogens is 4. The number of aryl methyl sites for hydroxylation is 2. The van der Waals surface area contributed by atoms with E-state index in [4.69, 9.17) is 0 Å². The molecule has 2 aromatic heterocycles. The van der Waals surface area contributed by atoms with Crippen molar-refractivity contribution in [3.05, 3.63) is 29.8 Å². The van der Waals surface area contributed by atoms with Crippen LogP contribution in [0.2, 0.25) is 0 Å². The number of anilines is 1. The second-order valence-electron chi connectivity index (χ2n) is 4.04. The Bertz CT molecular complexity index is 693. The first-order chi connectivity index (χ1) is 8.94. The molecule has 0 saturated carbocycles. The third-order valence-corrected chi connectivity index (χ3v) is 4.10. The number of hydrogen-bond acceptors (Lipinski definition) is 5. The van der Waals surface area contributed by atoms with Gasteiger partial charge in [0, 0.05) is 18.4 Å². The first kappa shape index (κ1) is 13.5. The van der Waals surface area contributed by atoms with Crippen LogP contribution in [0.1, 0.15) is 18.3 Å². The van der Waals surface area contributed by atoms with Crippen LogP contribution in [0.15, 0.2) is 23.4 Å². The molecule has 0 atom stereocenters. The third kappa shape index (κ3) is 2.73. The molecule has 0 unspecified atom stereocenters. The normalized spacial score (nSPS) is 11.5. The topological polar surface area (TPSA) is 89.8 Å². The summed E-state index contributed by atoms with van der Waals surface area (Å²) in [4.78, 5) is 8.03. The maximum Gasteiger partial charge on any atom is 0.267 e. The Morgan fingerprint density at radius 1 is 1.37 bits per heavy atom.